The van der Waals surface area contributed by atoms with Crippen LogP contribution in [0.4, 0.5) is 11.5 Å². The maximum Gasteiger partial charge on any atom is 0.228 e. The van der Waals surface area contributed by atoms with Crippen LogP contribution in [-0.4, -0.2) is 69.0 Å². The molecule has 2 aliphatic rings. The lowest BCUT2D eigenvalue weighted by Crippen LogP contribution is -2.51. The van der Waals surface area contributed by atoms with E-state index in [1.807, 2.05) is 59.7 Å². The summed E-state index contributed by atoms with van der Waals surface area (Å²) in [6, 6.07) is 11.5. The van der Waals surface area contributed by atoms with Gasteiger partial charge in [0.15, 0.2) is 0 Å². The van der Waals surface area contributed by atoms with E-state index in [0.29, 0.717) is 32.7 Å². The Kier molecular flexibility index (Phi) is 5.53. The van der Waals surface area contributed by atoms with Gasteiger partial charge in [-0.15, -0.1) is 0 Å². The zero-order valence-corrected chi connectivity index (χ0v) is 18.9. The first-order chi connectivity index (χ1) is 16.0. The second-order valence-electron chi connectivity index (χ2n) is 8.57. The Morgan fingerprint density at radius 3 is 2.39 bits per heavy atom. The van der Waals surface area contributed by atoms with Crippen molar-refractivity contribution in [1.82, 2.24) is 24.4 Å². The lowest BCUT2D eigenvalue weighted by molar-refractivity contribution is -0.136. The number of benzene rings is 1. The number of carbonyl (C=O) groups is 2. The molecule has 3 aromatic rings. The summed E-state index contributed by atoms with van der Waals surface area (Å²) >= 11 is 0. The van der Waals surface area contributed by atoms with E-state index in [1.54, 1.807) is 17.6 Å². The minimum absolute atomic E-state index is 0.0109. The highest BCUT2D eigenvalue weighted by Crippen LogP contribution is 2.27. The van der Waals surface area contributed by atoms with Crippen LogP contribution in [0.5, 0.6) is 0 Å². The van der Waals surface area contributed by atoms with E-state index in [2.05, 4.69) is 19.9 Å². The number of imidazole rings is 1. The molecule has 0 N–H and O–H groups in total. The molecule has 1 atom stereocenters. The number of amides is 2. The molecule has 2 aliphatic heterocycles. The van der Waals surface area contributed by atoms with Gasteiger partial charge in [-0.25, -0.2) is 15.0 Å². The number of piperazine rings is 1. The van der Waals surface area contributed by atoms with Crippen LogP contribution in [0.3, 0.4) is 0 Å². The average molecular weight is 446 g/mol. The number of aromatic nitrogens is 4. The fraction of sp³-hybridized carbons (Fsp3) is 0.375. The highest BCUT2D eigenvalue weighted by Gasteiger charge is 2.38. The van der Waals surface area contributed by atoms with Gasteiger partial charge in [0.05, 0.1) is 11.6 Å². The summed E-state index contributed by atoms with van der Waals surface area (Å²) in [4.78, 5) is 44.6. The van der Waals surface area contributed by atoms with Crippen molar-refractivity contribution in [3.63, 3.8) is 0 Å². The highest BCUT2D eigenvalue weighted by atomic mass is 16.2. The van der Waals surface area contributed by atoms with Crippen LogP contribution in [0.25, 0.3) is 5.82 Å². The van der Waals surface area contributed by atoms with Crippen molar-refractivity contribution in [2.24, 2.45) is 5.92 Å². The SMILES string of the molecule is Cc1ncn(-c2cc(N3CCN(C(=O)C4CC(=O)N(c5ccccc5)C4)CC3)ncn2)c1C. The molecule has 5 rings (SSSR count). The number of para-hydroxylation sites is 1. The second-order valence-corrected chi connectivity index (χ2v) is 8.57. The highest BCUT2D eigenvalue weighted by molar-refractivity contribution is 6.00. The van der Waals surface area contributed by atoms with Gasteiger partial charge in [0.25, 0.3) is 0 Å². The molecule has 9 heteroatoms. The molecule has 2 fully saturated rings. The van der Waals surface area contributed by atoms with Gasteiger partial charge in [0.1, 0.15) is 24.3 Å². The van der Waals surface area contributed by atoms with Gasteiger partial charge in [-0.3, -0.25) is 14.2 Å². The lowest BCUT2D eigenvalue weighted by Gasteiger charge is -2.36. The summed E-state index contributed by atoms with van der Waals surface area (Å²) in [5.41, 5.74) is 2.87. The first-order valence-corrected chi connectivity index (χ1v) is 11.2. The number of rotatable bonds is 4. The van der Waals surface area contributed by atoms with Crippen molar-refractivity contribution in [1.29, 1.82) is 0 Å². The molecule has 9 nitrogen and oxygen atoms in total. The molecule has 33 heavy (non-hydrogen) atoms. The molecule has 0 aliphatic carbocycles. The van der Waals surface area contributed by atoms with Gasteiger partial charge in [0.2, 0.25) is 11.8 Å². The lowest BCUT2D eigenvalue weighted by atomic mass is 10.1. The van der Waals surface area contributed by atoms with Crippen molar-refractivity contribution >= 4 is 23.3 Å². The maximum absolute atomic E-state index is 13.1. The Morgan fingerprint density at radius 2 is 1.70 bits per heavy atom. The molecule has 0 bridgehead atoms. The van der Waals surface area contributed by atoms with E-state index >= 15 is 0 Å². The monoisotopic (exact) mass is 445 g/mol. The van der Waals surface area contributed by atoms with Crippen LogP contribution in [0.15, 0.2) is 49.1 Å². The molecule has 2 aromatic heterocycles. The summed E-state index contributed by atoms with van der Waals surface area (Å²) in [5, 5.41) is 0. The van der Waals surface area contributed by atoms with Gasteiger partial charge in [-0.05, 0) is 26.0 Å². The Hall–Kier alpha value is -3.75. The minimum Gasteiger partial charge on any atom is -0.353 e. The van der Waals surface area contributed by atoms with Gasteiger partial charge in [-0.1, -0.05) is 18.2 Å². The van der Waals surface area contributed by atoms with E-state index in [1.165, 1.54) is 0 Å². The fourth-order valence-corrected chi connectivity index (χ4v) is 4.52. The topological polar surface area (TPSA) is 87.5 Å². The molecule has 0 spiro atoms. The summed E-state index contributed by atoms with van der Waals surface area (Å²) in [5.74, 6) is 1.40. The van der Waals surface area contributed by atoms with Gasteiger partial charge in [0, 0.05) is 56.6 Å². The predicted molar refractivity (Wildman–Crippen MR) is 124 cm³/mol. The van der Waals surface area contributed by atoms with Crippen LogP contribution in [0.2, 0.25) is 0 Å². The molecule has 1 aromatic carbocycles. The number of carbonyl (C=O) groups excluding carboxylic acids is 2. The van der Waals surface area contributed by atoms with E-state index in [-0.39, 0.29) is 24.2 Å². The largest absolute Gasteiger partial charge is 0.353 e. The Balaban J connectivity index is 1.22. The van der Waals surface area contributed by atoms with E-state index in [4.69, 9.17) is 0 Å². The minimum atomic E-state index is -0.289. The fourth-order valence-electron chi connectivity index (χ4n) is 4.52. The molecular formula is C24H27N7O2. The van der Waals surface area contributed by atoms with Crippen molar-refractivity contribution < 1.29 is 9.59 Å². The maximum atomic E-state index is 13.1. The van der Waals surface area contributed by atoms with Crippen LogP contribution in [-0.2, 0) is 9.59 Å². The second kappa shape index (κ2) is 8.65. The van der Waals surface area contributed by atoms with Crippen LogP contribution in [0, 0.1) is 19.8 Å². The van der Waals surface area contributed by atoms with E-state index in [0.717, 1.165) is 28.7 Å². The standard InChI is InChI=1S/C24H27N7O2/c1-17-18(2)31(16-27-17)22-13-21(25-15-26-22)28-8-10-29(11-9-28)24(33)19-12-23(32)30(14-19)20-6-4-3-5-7-20/h3-7,13,15-16,19H,8-12,14H2,1-2H3. The molecule has 1 unspecified atom stereocenters. The smallest absolute Gasteiger partial charge is 0.228 e. The quantitative estimate of drug-likeness (QED) is 0.610. The van der Waals surface area contributed by atoms with E-state index < -0.39 is 0 Å². The molecule has 2 amide bonds. The average Bonchev–Trinajstić information content (AvgIpc) is 3.41. The third-order valence-corrected chi connectivity index (χ3v) is 6.59. The third kappa shape index (κ3) is 4.06. The van der Waals surface area contributed by atoms with Gasteiger partial charge < -0.3 is 14.7 Å². The van der Waals surface area contributed by atoms with E-state index in [9.17, 15) is 9.59 Å². The van der Waals surface area contributed by atoms with Crippen LogP contribution < -0.4 is 9.80 Å². The van der Waals surface area contributed by atoms with Gasteiger partial charge >= 0.3 is 0 Å². The first-order valence-electron chi connectivity index (χ1n) is 11.2. The Bertz CT molecular complexity index is 1170. The molecule has 4 heterocycles. The van der Waals surface area contributed by atoms with Crippen LogP contribution in [0.1, 0.15) is 17.8 Å². The summed E-state index contributed by atoms with van der Waals surface area (Å²) in [7, 11) is 0. The van der Waals surface area contributed by atoms with Crippen molar-refractivity contribution in [2.45, 2.75) is 20.3 Å². The van der Waals surface area contributed by atoms with Crippen molar-refractivity contribution in [3.8, 4) is 5.82 Å². The first kappa shape index (κ1) is 21.1. The number of anilines is 2. The predicted octanol–water partition coefficient (Wildman–Crippen LogP) is 1.98. The zero-order valence-electron chi connectivity index (χ0n) is 18.9. The normalized spacial score (nSPS) is 18.8. The van der Waals surface area contributed by atoms with Gasteiger partial charge in [-0.2, -0.15) is 0 Å². The molecule has 170 valence electrons. The summed E-state index contributed by atoms with van der Waals surface area (Å²) < 4.78 is 1.95. The summed E-state index contributed by atoms with van der Waals surface area (Å²) in [6.45, 7) is 7.03. The molecule has 0 radical (unpaired) electrons. The Labute approximate surface area is 192 Å². The van der Waals surface area contributed by atoms with Crippen molar-refractivity contribution in [3.05, 3.63) is 60.4 Å². The molecular weight excluding hydrogens is 418 g/mol. The summed E-state index contributed by atoms with van der Waals surface area (Å²) in [6.07, 6.45) is 3.61. The van der Waals surface area contributed by atoms with Crippen LogP contribution >= 0.6 is 0 Å². The third-order valence-electron chi connectivity index (χ3n) is 6.59. The zero-order chi connectivity index (χ0) is 22.9. The Morgan fingerprint density at radius 1 is 0.970 bits per heavy atom. The number of nitrogens with zero attached hydrogens (tertiary/aromatic N) is 7. The molecule has 2 saturated heterocycles. The number of hydrogen-bond donors (Lipinski definition) is 0. The number of aryl methyl sites for hydroxylation is 1. The number of hydrogen-bond acceptors (Lipinski definition) is 6. The molecule has 0 saturated carbocycles. The van der Waals surface area contributed by atoms with Crippen molar-refractivity contribution in [2.75, 3.05) is 42.5 Å².